The molecular weight excluding hydrogens is 280 g/mol. The Morgan fingerprint density at radius 1 is 1.05 bits per heavy atom. The summed E-state index contributed by atoms with van der Waals surface area (Å²) in [7, 11) is 0. The maximum absolute atomic E-state index is 12.2. The summed E-state index contributed by atoms with van der Waals surface area (Å²) >= 11 is 0. The van der Waals surface area contributed by atoms with Crippen molar-refractivity contribution < 1.29 is 14.4 Å². The molecular formula is C17H14N2O3. The molecule has 2 N–H and O–H groups in total. The van der Waals surface area contributed by atoms with Gasteiger partial charge >= 0.3 is 0 Å². The highest BCUT2D eigenvalue weighted by Gasteiger charge is 2.16. The van der Waals surface area contributed by atoms with Gasteiger partial charge in [-0.25, -0.2) is 0 Å². The Kier molecular flexibility index (Phi) is 3.98. The SMILES string of the molecule is O=C(Nc1nocc1-c1ccccc1CO)c1ccccc1. The smallest absolute Gasteiger partial charge is 0.256 e. The van der Waals surface area contributed by atoms with Crippen LogP contribution >= 0.6 is 0 Å². The Labute approximate surface area is 127 Å². The van der Waals surface area contributed by atoms with Gasteiger partial charge in [-0.1, -0.05) is 47.6 Å². The number of aliphatic hydroxyl groups is 1. The van der Waals surface area contributed by atoms with Crippen molar-refractivity contribution in [2.45, 2.75) is 6.61 Å². The largest absolute Gasteiger partial charge is 0.392 e. The molecule has 22 heavy (non-hydrogen) atoms. The molecule has 5 heteroatoms. The van der Waals surface area contributed by atoms with Crippen LogP contribution in [0.5, 0.6) is 0 Å². The summed E-state index contributed by atoms with van der Waals surface area (Å²) in [5.41, 5.74) is 2.68. The van der Waals surface area contributed by atoms with E-state index in [4.69, 9.17) is 4.52 Å². The van der Waals surface area contributed by atoms with Crippen LogP contribution in [-0.4, -0.2) is 16.2 Å². The lowest BCUT2D eigenvalue weighted by atomic mass is 10.0. The number of nitrogens with zero attached hydrogens (tertiary/aromatic N) is 1. The molecule has 1 amide bonds. The summed E-state index contributed by atoms with van der Waals surface area (Å²) < 4.78 is 4.99. The quantitative estimate of drug-likeness (QED) is 0.775. The minimum absolute atomic E-state index is 0.104. The molecule has 0 spiro atoms. The predicted molar refractivity (Wildman–Crippen MR) is 82.3 cm³/mol. The highest BCUT2D eigenvalue weighted by molar-refractivity contribution is 6.05. The molecule has 1 heterocycles. The number of carbonyl (C=O) groups is 1. The number of carbonyl (C=O) groups excluding carboxylic acids is 1. The van der Waals surface area contributed by atoms with E-state index in [0.717, 1.165) is 11.1 Å². The van der Waals surface area contributed by atoms with Gasteiger partial charge in [0.25, 0.3) is 5.91 Å². The van der Waals surface area contributed by atoms with Gasteiger partial charge in [-0.2, -0.15) is 0 Å². The van der Waals surface area contributed by atoms with Crippen molar-refractivity contribution in [2.24, 2.45) is 0 Å². The highest BCUT2D eigenvalue weighted by atomic mass is 16.5. The van der Waals surface area contributed by atoms with Crippen molar-refractivity contribution >= 4 is 11.7 Å². The van der Waals surface area contributed by atoms with Gasteiger partial charge in [0.1, 0.15) is 6.26 Å². The number of aliphatic hydroxyl groups excluding tert-OH is 1. The van der Waals surface area contributed by atoms with Gasteiger partial charge in [0, 0.05) is 5.56 Å². The summed E-state index contributed by atoms with van der Waals surface area (Å²) in [5.74, 6) is 0.0620. The topological polar surface area (TPSA) is 75.4 Å². The van der Waals surface area contributed by atoms with E-state index >= 15 is 0 Å². The van der Waals surface area contributed by atoms with Gasteiger partial charge in [-0.3, -0.25) is 4.79 Å². The molecule has 0 atom stereocenters. The number of hydrogen-bond donors (Lipinski definition) is 2. The van der Waals surface area contributed by atoms with E-state index in [0.29, 0.717) is 16.9 Å². The summed E-state index contributed by atoms with van der Waals surface area (Å²) in [6.07, 6.45) is 1.45. The number of anilines is 1. The molecule has 0 radical (unpaired) electrons. The number of rotatable bonds is 4. The summed E-state index contributed by atoms with van der Waals surface area (Å²) in [6, 6.07) is 16.2. The fourth-order valence-electron chi connectivity index (χ4n) is 2.21. The standard InChI is InChI=1S/C17H14N2O3/c20-10-13-8-4-5-9-14(13)15-11-22-19-16(15)18-17(21)12-6-2-1-3-7-12/h1-9,11,20H,10H2,(H,18,19,21). The number of nitrogens with one attached hydrogen (secondary N) is 1. The Hall–Kier alpha value is -2.92. The molecule has 0 aliphatic rings. The molecule has 2 aromatic carbocycles. The second-order valence-corrected chi connectivity index (χ2v) is 4.71. The molecule has 0 unspecified atom stereocenters. The third-order valence-corrected chi connectivity index (χ3v) is 3.32. The zero-order valence-electron chi connectivity index (χ0n) is 11.7. The van der Waals surface area contributed by atoms with Gasteiger partial charge in [-0.15, -0.1) is 0 Å². The molecule has 0 fully saturated rings. The molecule has 0 aliphatic heterocycles. The first kappa shape index (κ1) is 14.0. The molecule has 110 valence electrons. The van der Waals surface area contributed by atoms with E-state index in [9.17, 15) is 9.90 Å². The van der Waals surface area contributed by atoms with Crippen molar-refractivity contribution in [3.63, 3.8) is 0 Å². The summed E-state index contributed by atoms with van der Waals surface area (Å²) in [4.78, 5) is 12.2. The Bertz CT molecular complexity index is 781. The molecule has 0 saturated carbocycles. The van der Waals surface area contributed by atoms with Crippen LogP contribution in [0.25, 0.3) is 11.1 Å². The van der Waals surface area contributed by atoms with Crippen molar-refractivity contribution in [2.75, 3.05) is 5.32 Å². The van der Waals surface area contributed by atoms with E-state index in [1.54, 1.807) is 24.3 Å². The summed E-state index contributed by atoms with van der Waals surface area (Å²) in [6.45, 7) is -0.104. The van der Waals surface area contributed by atoms with Crippen LogP contribution in [0.3, 0.4) is 0 Å². The van der Waals surface area contributed by atoms with E-state index in [-0.39, 0.29) is 12.5 Å². The van der Waals surface area contributed by atoms with Crippen LogP contribution in [0.2, 0.25) is 0 Å². The van der Waals surface area contributed by atoms with Crippen LogP contribution in [0.15, 0.2) is 65.4 Å². The van der Waals surface area contributed by atoms with Gasteiger partial charge in [0.2, 0.25) is 0 Å². The minimum atomic E-state index is -0.266. The lowest BCUT2D eigenvalue weighted by molar-refractivity contribution is 0.102. The zero-order chi connectivity index (χ0) is 15.4. The van der Waals surface area contributed by atoms with Gasteiger partial charge in [0.15, 0.2) is 5.82 Å². The molecule has 3 aromatic rings. The average molecular weight is 294 g/mol. The van der Waals surface area contributed by atoms with Crippen LogP contribution in [0, 0.1) is 0 Å². The molecule has 5 nitrogen and oxygen atoms in total. The first-order valence-electron chi connectivity index (χ1n) is 6.79. The highest BCUT2D eigenvalue weighted by Crippen LogP contribution is 2.30. The zero-order valence-corrected chi connectivity index (χ0v) is 11.7. The van der Waals surface area contributed by atoms with Crippen LogP contribution in [0.4, 0.5) is 5.82 Å². The molecule has 0 aliphatic carbocycles. The minimum Gasteiger partial charge on any atom is -0.392 e. The van der Waals surface area contributed by atoms with Crippen molar-refractivity contribution in [1.82, 2.24) is 5.16 Å². The van der Waals surface area contributed by atoms with E-state index in [1.165, 1.54) is 6.26 Å². The van der Waals surface area contributed by atoms with Crippen LogP contribution < -0.4 is 5.32 Å². The van der Waals surface area contributed by atoms with E-state index < -0.39 is 0 Å². The number of aromatic nitrogens is 1. The second kappa shape index (κ2) is 6.24. The Balaban J connectivity index is 1.91. The maximum Gasteiger partial charge on any atom is 0.256 e. The lowest BCUT2D eigenvalue weighted by Crippen LogP contribution is -2.12. The van der Waals surface area contributed by atoms with Crippen molar-refractivity contribution in [3.05, 3.63) is 72.0 Å². The molecule has 0 bridgehead atoms. The predicted octanol–water partition coefficient (Wildman–Crippen LogP) is 3.09. The number of hydrogen-bond acceptors (Lipinski definition) is 4. The fraction of sp³-hybridized carbons (Fsp3) is 0.0588. The molecule has 0 saturated heterocycles. The summed E-state index contributed by atoms with van der Waals surface area (Å²) in [5, 5.41) is 16.0. The lowest BCUT2D eigenvalue weighted by Gasteiger charge is -2.07. The Morgan fingerprint density at radius 2 is 1.77 bits per heavy atom. The van der Waals surface area contributed by atoms with Crippen LogP contribution in [0.1, 0.15) is 15.9 Å². The van der Waals surface area contributed by atoms with Crippen LogP contribution in [-0.2, 0) is 6.61 Å². The second-order valence-electron chi connectivity index (χ2n) is 4.71. The number of amides is 1. The van der Waals surface area contributed by atoms with E-state index in [1.807, 2.05) is 30.3 Å². The van der Waals surface area contributed by atoms with Gasteiger partial charge < -0.3 is 14.9 Å². The normalized spacial score (nSPS) is 10.4. The fourth-order valence-corrected chi connectivity index (χ4v) is 2.21. The molecule has 1 aromatic heterocycles. The third kappa shape index (κ3) is 2.75. The number of benzene rings is 2. The molecule has 3 rings (SSSR count). The monoisotopic (exact) mass is 294 g/mol. The first-order chi connectivity index (χ1) is 10.8. The third-order valence-electron chi connectivity index (χ3n) is 3.32. The maximum atomic E-state index is 12.2. The average Bonchev–Trinajstić information content (AvgIpc) is 3.03. The Morgan fingerprint density at radius 3 is 2.55 bits per heavy atom. The van der Waals surface area contributed by atoms with Gasteiger partial charge in [-0.05, 0) is 23.3 Å². The van der Waals surface area contributed by atoms with Crippen molar-refractivity contribution in [3.8, 4) is 11.1 Å². The van der Waals surface area contributed by atoms with Gasteiger partial charge in [0.05, 0.1) is 12.2 Å². The van der Waals surface area contributed by atoms with Crippen molar-refractivity contribution in [1.29, 1.82) is 0 Å². The first-order valence-corrected chi connectivity index (χ1v) is 6.79. The van der Waals surface area contributed by atoms with E-state index in [2.05, 4.69) is 10.5 Å².